The van der Waals surface area contributed by atoms with Gasteiger partial charge >= 0.3 is 0 Å². The highest BCUT2D eigenvalue weighted by Gasteiger charge is 2.27. The minimum Gasteiger partial charge on any atom is -0.313 e. The number of rotatable bonds is 7. The Balaban J connectivity index is 2.42. The molecular weight excluding hydrogens is 260 g/mol. The molecule has 1 rings (SSSR count). The number of nitrogens with one attached hydrogen (secondary N) is 2. The van der Waals surface area contributed by atoms with Gasteiger partial charge in [-0.25, -0.2) is 13.1 Å². The molecule has 1 unspecified atom stereocenters. The van der Waals surface area contributed by atoms with E-state index in [0.717, 1.165) is 31.6 Å². The first-order valence-electron chi connectivity index (χ1n) is 7.59. The van der Waals surface area contributed by atoms with Crippen molar-refractivity contribution in [3.8, 4) is 0 Å². The Bertz CT molecular complexity index is 346. The molecule has 0 aromatic heterocycles. The van der Waals surface area contributed by atoms with E-state index in [1.54, 1.807) is 6.92 Å². The van der Waals surface area contributed by atoms with Gasteiger partial charge in [0.2, 0.25) is 10.0 Å². The number of hydrogen-bond donors (Lipinski definition) is 2. The maximum Gasteiger partial charge on any atom is 0.215 e. The van der Waals surface area contributed by atoms with Crippen LogP contribution in [0.4, 0.5) is 0 Å². The van der Waals surface area contributed by atoms with Crippen LogP contribution in [-0.2, 0) is 10.0 Å². The fourth-order valence-electron chi connectivity index (χ4n) is 2.55. The van der Waals surface area contributed by atoms with Gasteiger partial charge in [0, 0.05) is 18.6 Å². The highest BCUT2D eigenvalue weighted by atomic mass is 32.2. The summed E-state index contributed by atoms with van der Waals surface area (Å²) in [6.07, 6.45) is 5.50. The van der Waals surface area contributed by atoms with Gasteiger partial charge in [-0.1, -0.05) is 27.2 Å². The Morgan fingerprint density at radius 3 is 2.16 bits per heavy atom. The quantitative estimate of drug-likeness (QED) is 0.756. The van der Waals surface area contributed by atoms with Gasteiger partial charge in [0.15, 0.2) is 0 Å². The SMILES string of the molecule is CCC1CCC(NS(=O)(=O)C(C)CNC(C)C)CC1. The molecule has 0 amide bonds. The van der Waals surface area contributed by atoms with Crippen LogP contribution in [0.2, 0.25) is 0 Å². The lowest BCUT2D eigenvalue weighted by Gasteiger charge is -2.29. The zero-order chi connectivity index (χ0) is 14.5. The fourth-order valence-corrected chi connectivity index (χ4v) is 3.80. The lowest BCUT2D eigenvalue weighted by Crippen LogP contribution is -2.45. The summed E-state index contributed by atoms with van der Waals surface area (Å²) in [6.45, 7) is 8.55. The Kier molecular flexibility index (Phi) is 6.77. The van der Waals surface area contributed by atoms with Crippen LogP contribution < -0.4 is 10.0 Å². The van der Waals surface area contributed by atoms with Gasteiger partial charge in [0.1, 0.15) is 0 Å². The summed E-state index contributed by atoms with van der Waals surface area (Å²) in [5, 5.41) is 2.81. The summed E-state index contributed by atoms with van der Waals surface area (Å²) in [5.41, 5.74) is 0. The van der Waals surface area contributed by atoms with E-state index >= 15 is 0 Å². The highest BCUT2D eigenvalue weighted by molar-refractivity contribution is 7.90. The molecule has 0 saturated heterocycles. The first-order chi connectivity index (χ1) is 8.85. The summed E-state index contributed by atoms with van der Waals surface area (Å²) < 4.78 is 27.3. The lowest BCUT2D eigenvalue weighted by molar-refractivity contribution is 0.306. The summed E-state index contributed by atoms with van der Waals surface area (Å²) in [6, 6.07) is 0.465. The van der Waals surface area contributed by atoms with Crippen molar-refractivity contribution in [3.63, 3.8) is 0 Å². The normalized spacial score (nSPS) is 26.6. The molecule has 1 aliphatic rings. The standard InChI is InChI=1S/C14H30N2O2S/c1-5-13-6-8-14(9-7-13)16-19(17,18)12(4)10-15-11(2)3/h11-16H,5-10H2,1-4H3. The summed E-state index contributed by atoms with van der Waals surface area (Å²) >= 11 is 0. The molecule has 0 radical (unpaired) electrons. The summed E-state index contributed by atoms with van der Waals surface area (Å²) in [4.78, 5) is 0. The monoisotopic (exact) mass is 290 g/mol. The van der Waals surface area contributed by atoms with Crippen molar-refractivity contribution in [1.29, 1.82) is 0 Å². The van der Waals surface area contributed by atoms with E-state index in [-0.39, 0.29) is 11.3 Å². The van der Waals surface area contributed by atoms with Crippen molar-refractivity contribution in [1.82, 2.24) is 10.0 Å². The van der Waals surface area contributed by atoms with Crippen molar-refractivity contribution in [2.75, 3.05) is 6.54 Å². The first-order valence-corrected chi connectivity index (χ1v) is 9.14. The summed E-state index contributed by atoms with van der Waals surface area (Å²) in [7, 11) is -3.19. The number of sulfonamides is 1. The van der Waals surface area contributed by atoms with E-state index in [1.807, 2.05) is 13.8 Å². The van der Waals surface area contributed by atoms with Crippen LogP contribution >= 0.6 is 0 Å². The van der Waals surface area contributed by atoms with Crippen LogP contribution in [0, 0.1) is 5.92 Å². The van der Waals surface area contributed by atoms with Crippen LogP contribution in [-0.4, -0.2) is 32.3 Å². The molecule has 1 saturated carbocycles. The van der Waals surface area contributed by atoms with Gasteiger partial charge in [-0.2, -0.15) is 0 Å². The van der Waals surface area contributed by atoms with Gasteiger partial charge in [0.25, 0.3) is 0 Å². The molecular formula is C14H30N2O2S. The topological polar surface area (TPSA) is 58.2 Å². The molecule has 5 heteroatoms. The molecule has 19 heavy (non-hydrogen) atoms. The van der Waals surface area contributed by atoms with Crippen LogP contribution in [0.1, 0.15) is 59.8 Å². The van der Waals surface area contributed by atoms with Gasteiger partial charge in [-0.05, 0) is 38.5 Å². The Morgan fingerprint density at radius 1 is 1.11 bits per heavy atom. The van der Waals surface area contributed by atoms with E-state index in [9.17, 15) is 8.42 Å². The molecule has 0 aromatic carbocycles. The van der Waals surface area contributed by atoms with Crippen LogP contribution in [0.3, 0.4) is 0 Å². The third kappa shape index (κ3) is 5.79. The van der Waals surface area contributed by atoms with E-state index in [1.165, 1.54) is 6.42 Å². The van der Waals surface area contributed by atoms with Gasteiger partial charge < -0.3 is 5.32 Å². The molecule has 114 valence electrons. The molecule has 2 N–H and O–H groups in total. The lowest BCUT2D eigenvalue weighted by atomic mass is 9.85. The van der Waals surface area contributed by atoms with Gasteiger partial charge in [0.05, 0.1) is 5.25 Å². The third-order valence-electron chi connectivity index (χ3n) is 4.10. The zero-order valence-corrected chi connectivity index (χ0v) is 13.6. The van der Waals surface area contributed by atoms with Crippen molar-refractivity contribution in [2.45, 2.75) is 77.1 Å². The average Bonchev–Trinajstić information content (AvgIpc) is 2.36. The average molecular weight is 290 g/mol. The van der Waals surface area contributed by atoms with Crippen molar-refractivity contribution in [3.05, 3.63) is 0 Å². The highest BCUT2D eigenvalue weighted by Crippen LogP contribution is 2.27. The molecule has 1 fully saturated rings. The molecule has 0 aromatic rings. The molecule has 0 heterocycles. The van der Waals surface area contributed by atoms with Crippen LogP contribution in [0.15, 0.2) is 0 Å². The minimum atomic E-state index is -3.19. The second-order valence-corrected chi connectivity index (χ2v) is 8.29. The second kappa shape index (κ2) is 7.60. The molecule has 1 atom stereocenters. The fraction of sp³-hybridized carbons (Fsp3) is 1.00. The largest absolute Gasteiger partial charge is 0.313 e. The van der Waals surface area contributed by atoms with Crippen LogP contribution in [0.25, 0.3) is 0 Å². The molecule has 4 nitrogen and oxygen atoms in total. The Hall–Kier alpha value is -0.130. The van der Waals surface area contributed by atoms with Gasteiger partial charge in [-0.3, -0.25) is 0 Å². The van der Waals surface area contributed by atoms with Crippen molar-refractivity contribution in [2.24, 2.45) is 5.92 Å². The van der Waals surface area contributed by atoms with E-state index in [2.05, 4.69) is 17.0 Å². The van der Waals surface area contributed by atoms with Crippen LogP contribution in [0.5, 0.6) is 0 Å². The second-order valence-electron chi connectivity index (χ2n) is 6.16. The molecule has 0 bridgehead atoms. The molecule has 1 aliphatic carbocycles. The number of hydrogen-bond acceptors (Lipinski definition) is 3. The summed E-state index contributed by atoms with van der Waals surface area (Å²) in [5.74, 6) is 0.792. The molecule has 0 aliphatic heterocycles. The van der Waals surface area contributed by atoms with E-state index < -0.39 is 10.0 Å². The predicted octanol–water partition coefficient (Wildman–Crippen LogP) is 2.26. The smallest absolute Gasteiger partial charge is 0.215 e. The maximum absolute atomic E-state index is 12.2. The Labute approximate surface area is 118 Å². The zero-order valence-electron chi connectivity index (χ0n) is 12.8. The van der Waals surface area contributed by atoms with E-state index in [0.29, 0.717) is 12.6 Å². The van der Waals surface area contributed by atoms with Crippen molar-refractivity contribution >= 4 is 10.0 Å². The van der Waals surface area contributed by atoms with E-state index in [4.69, 9.17) is 0 Å². The minimum absolute atomic E-state index is 0.147. The predicted molar refractivity (Wildman–Crippen MR) is 80.7 cm³/mol. The first kappa shape index (κ1) is 16.9. The Morgan fingerprint density at radius 2 is 1.68 bits per heavy atom. The van der Waals surface area contributed by atoms with Crippen molar-refractivity contribution < 1.29 is 8.42 Å². The van der Waals surface area contributed by atoms with Gasteiger partial charge in [-0.15, -0.1) is 0 Å². The maximum atomic E-state index is 12.2. The molecule has 0 spiro atoms. The third-order valence-corrected chi connectivity index (χ3v) is 5.99.